The lowest BCUT2D eigenvalue weighted by Crippen LogP contribution is -2.16. The molecular weight excluding hydrogens is 134 g/mol. The van der Waals surface area contributed by atoms with Gasteiger partial charge in [-0.2, -0.15) is 0 Å². The van der Waals surface area contributed by atoms with Crippen molar-refractivity contribution in [2.45, 2.75) is 33.1 Å². The fraction of sp³-hybridized carbons (Fsp3) is 0.600. The zero-order valence-electron chi connectivity index (χ0n) is 8.10. The van der Waals surface area contributed by atoms with Crippen molar-refractivity contribution in [2.24, 2.45) is 7.05 Å². The molecule has 0 aliphatic rings. The van der Waals surface area contributed by atoms with Crippen LogP contribution >= 0.6 is 0 Å². The monoisotopic (exact) mass is 151 g/mol. The molecule has 0 unspecified atom stereocenters. The van der Waals surface area contributed by atoms with E-state index in [0.29, 0.717) is 0 Å². The molecule has 0 aromatic carbocycles. The molecule has 0 spiro atoms. The highest BCUT2D eigenvalue weighted by Gasteiger charge is 2.18. The molecule has 0 radical (unpaired) electrons. The lowest BCUT2D eigenvalue weighted by atomic mass is 9.90. The van der Waals surface area contributed by atoms with Gasteiger partial charge in [-0.05, 0) is 18.6 Å². The van der Waals surface area contributed by atoms with E-state index in [1.54, 1.807) is 0 Å². The smallest absolute Gasteiger partial charge is 0.0255 e. The van der Waals surface area contributed by atoms with Gasteiger partial charge in [0.1, 0.15) is 0 Å². The number of aromatic nitrogens is 1. The first kappa shape index (κ1) is 8.38. The summed E-state index contributed by atoms with van der Waals surface area (Å²) in [6.07, 6.45) is 2.12. The van der Waals surface area contributed by atoms with Crippen LogP contribution in [0.15, 0.2) is 12.3 Å². The summed E-state index contributed by atoms with van der Waals surface area (Å²) in [5, 5.41) is 0. The molecule has 62 valence electrons. The molecule has 0 bridgehead atoms. The third-order valence-corrected chi connectivity index (χ3v) is 1.98. The van der Waals surface area contributed by atoms with E-state index in [9.17, 15) is 0 Å². The van der Waals surface area contributed by atoms with Gasteiger partial charge in [0.15, 0.2) is 0 Å². The maximum absolute atomic E-state index is 2.25. The van der Waals surface area contributed by atoms with Crippen LogP contribution in [0.4, 0.5) is 0 Å². The number of aryl methyl sites for hydroxylation is 2. The molecule has 1 nitrogen and oxygen atoms in total. The minimum Gasteiger partial charge on any atom is -0.354 e. The summed E-state index contributed by atoms with van der Waals surface area (Å²) < 4.78 is 2.20. The van der Waals surface area contributed by atoms with Gasteiger partial charge in [-0.1, -0.05) is 20.8 Å². The van der Waals surface area contributed by atoms with E-state index in [1.807, 2.05) is 0 Å². The summed E-state index contributed by atoms with van der Waals surface area (Å²) in [5.74, 6) is 0. The topological polar surface area (TPSA) is 4.93 Å². The van der Waals surface area contributed by atoms with Gasteiger partial charge in [0.05, 0.1) is 0 Å². The van der Waals surface area contributed by atoms with Gasteiger partial charge in [-0.15, -0.1) is 0 Å². The van der Waals surface area contributed by atoms with Crippen LogP contribution in [-0.2, 0) is 12.5 Å². The first-order valence-corrected chi connectivity index (χ1v) is 4.05. The van der Waals surface area contributed by atoms with Gasteiger partial charge in [-0.3, -0.25) is 0 Å². The Hall–Kier alpha value is -0.720. The van der Waals surface area contributed by atoms with E-state index in [1.165, 1.54) is 11.3 Å². The second kappa shape index (κ2) is 2.40. The molecule has 11 heavy (non-hydrogen) atoms. The summed E-state index contributed by atoms with van der Waals surface area (Å²) in [7, 11) is 2.10. The van der Waals surface area contributed by atoms with Crippen molar-refractivity contribution in [2.75, 3.05) is 0 Å². The summed E-state index contributed by atoms with van der Waals surface area (Å²) in [6, 6.07) is 2.17. The maximum Gasteiger partial charge on any atom is 0.0255 e. The highest BCUT2D eigenvalue weighted by Crippen LogP contribution is 2.25. The van der Waals surface area contributed by atoms with Gasteiger partial charge in [0.25, 0.3) is 0 Å². The van der Waals surface area contributed by atoms with E-state index in [-0.39, 0.29) is 5.41 Å². The van der Waals surface area contributed by atoms with Gasteiger partial charge < -0.3 is 4.57 Å². The summed E-state index contributed by atoms with van der Waals surface area (Å²) >= 11 is 0. The van der Waals surface area contributed by atoms with Crippen LogP contribution in [0.1, 0.15) is 32.0 Å². The van der Waals surface area contributed by atoms with Gasteiger partial charge >= 0.3 is 0 Å². The number of hydrogen-bond acceptors (Lipinski definition) is 0. The van der Waals surface area contributed by atoms with E-state index < -0.39 is 0 Å². The first-order valence-electron chi connectivity index (χ1n) is 4.05. The van der Waals surface area contributed by atoms with Crippen LogP contribution in [0.25, 0.3) is 0 Å². The molecule has 0 amide bonds. The lowest BCUT2D eigenvalue weighted by molar-refractivity contribution is 0.539. The Morgan fingerprint density at radius 1 is 1.27 bits per heavy atom. The molecule has 0 N–H and O–H groups in total. The Morgan fingerprint density at radius 3 is 2.00 bits per heavy atom. The number of hydrogen-bond donors (Lipinski definition) is 0. The second-order valence-electron chi connectivity index (χ2n) is 4.21. The van der Waals surface area contributed by atoms with Gasteiger partial charge in [-0.25, -0.2) is 0 Å². The van der Waals surface area contributed by atoms with Crippen molar-refractivity contribution in [3.63, 3.8) is 0 Å². The maximum atomic E-state index is 2.25. The molecule has 0 saturated heterocycles. The van der Waals surface area contributed by atoms with Crippen molar-refractivity contribution in [3.8, 4) is 0 Å². The third kappa shape index (κ3) is 1.47. The largest absolute Gasteiger partial charge is 0.354 e. The number of nitrogens with zero attached hydrogens (tertiary/aromatic N) is 1. The highest BCUT2D eigenvalue weighted by atomic mass is 14.9. The molecular formula is C10H17N. The molecule has 0 aliphatic heterocycles. The Balaban J connectivity index is 3.21. The van der Waals surface area contributed by atoms with Crippen LogP contribution in [0, 0.1) is 6.92 Å². The van der Waals surface area contributed by atoms with Crippen LogP contribution in [0.5, 0.6) is 0 Å². The van der Waals surface area contributed by atoms with Crippen molar-refractivity contribution in [3.05, 3.63) is 23.5 Å². The Kier molecular flexibility index (Phi) is 1.83. The predicted octanol–water partition coefficient (Wildman–Crippen LogP) is 2.63. The Labute approximate surface area is 69.0 Å². The van der Waals surface area contributed by atoms with E-state index in [2.05, 4.69) is 51.6 Å². The van der Waals surface area contributed by atoms with Crippen LogP contribution in [0.2, 0.25) is 0 Å². The van der Waals surface area contributed by atoms with Crippen molar-refractivity contribution in [1.29, 1.82) is 0 Å². The zero-order chi connectivity index (χ0) is 8.65. The molecule has 1 rings (SSSR count). The summed E-state index contributed by atoms with van der Waals surface area (Å²) in [5.41, 5.74) is 3.08. The van der Waals surface area contributed by atoms with Crippen LogP contribution in [-0.4, -0.2) is 4.57 Å². The molecule has 0 saturated carbocycles. The SMILES string of the molecule is Cc1ccn(C)c1C(C)(C)C. The highest BCUT2D eigenvalue weighted by molar-refractivity contribution is 5.26. The van der Waals surface area contributed by atoms with Crippen molar-refractivity contribution < 1.29 is 0 Å². The van der Waals surface area contributed by atoms with E-state index in [0.717, 1.165) is 0 Å². The standard InChI is InChI=1S/C10H17N/c1-8-6-7-11(5)9(8)10(2,3)4/h6-7H,1-5H3. The van der Waals surface area contributed by atoms with Crippen molar-refractivity contribution >= 4 is 0 Å². The van der Waals surface area contributed by atoms with Crippen molar-refractivity contribution in [1.82, 2.24) is 4.57 Å². The first-order chi connectivity index (χ1) is 4.93. The van der Waals surface area contributed by atoms with Crippen LogP contribution in [0.3, 0.4) is 0 Å². The third-order valence-electron chi connectivity index (χ3n) is 1.98. The van der Waals surface area contributed by atoms with Crippen LogP contribution < -0.4 is 0 Å². The fourth-order valence-corrected chi connectivity index (χ4v) is 1.78. The molecule has 0 atom stereocenters. The Bertz CT molecular complexity index is 231. The summed E-state index contributed by atoms with van der Waals surface area (Å²) in [4.78, 5) is 0. The molecule has 1 heterocycles. The molecule has 0 fully saturated rings. The van der Waals surface area contributed by atoms with Gasteiger partial charge in [0.2, 0.25) is 0 Å². The molecule has 1 aromatic heterocycles. The Morgan fingerprint density at radius 2 is 1.82 bits per heavy atom. The molecule has 1 aromatic rings. The minimum absolute atomic E-state index is 0.266. The summed E-state index contributed by atoms with van der Waals surface area (Å²) in [6.45, 7) is 8.90. The quantitative estimate of drug-likeness (QED) is 0.537. The normalized spacial score (nSPS) is 12.1. The second-order valence-corrected chi connectivity index (χ2v) is 4.21. The zero-order valence-corrected chi connectivity index (χ0v) is 8.10. The van der Waals surface area contributed by atoms with E-state index in [4.69, 9.17) is 0 Å². The predicted molar refractivity (Wildman–Crippen MR) is 48.9 cm³/mol. The molecule has 1 heteroatoms. The van der Waals surface area contributed by atoms with E-state index >= 15 is 0 Å². The average molecular weight is 151 g/mol. The fourth-order valence-electron chi connectivity index (χ4n) is 1.78. The minimum atomic E-state index is 0.266. The number of rotatable bonds is 0. The van der Waals surface area contributed by atoms with Gasteiger partial charge in [0, 0.05) is 24.4 Å². The molecule has 0 aliphatic carbocycles. The lowest BCUT2D eigenvalue weighted by Gasteiger charge is -2.21. The average Bonchev–Trinajstić information content (AvgIpc) is 2.08.